The van der Waals surface area contributed by atoms with Crippen LogP contribution in [0.15, 0.2) is 192 Å². The highest BCUT2D eigenvalue weighted by molar-refractivity contribution is 14.1. The molecule has 0 atom stereocenters. The third kappa shape index (κ3) is 21.9. The normalized spacial score (nSPS) is 10.4. The summed E-state index contributed by atoms with van der Waals surface area (Å²) in [7, 11) is 2.98. The number of carboxylic acids is 2. The molecule has 0 aliphatic rings. The van der Waals surface area contributed by atoms with Crippen LogP contribution >= 0.6 is 54.5 Å². The molecule has 0 spiro atoms. The maximum Gasteiger partial charge on any atom is 0.355 e. The number of ether oxygens (including phenoxy) is 3. The first-order chi connectivity index (χ1) is 45.4. The highest BCUT2D eigenvalue weighted by atomic mass is 127. The van der Waals surface area contributed by atoms with Gasteiger partial charge in [-0.3, -0.25) is 9.97 Å². The summed E-state index contributed by atoms with van der Waals surface area (Å²) < 4.78 is 18.1. The van der Waals surface area contributed by atoms with Crippen molar-refractivity contribution in [1.29, 1.82) is 0 Å². The molecule has 0 fully saturated rings. The van der Waals surface area contributed by atoms with Crippen molar-refractivity contribution in [3.05, 3.63) is 252 Å². The molecule has 0 aliphatic carbocycles. The third-order valence-electron chi connectivity index (χ3n) is 13.2. The third-order valence-corrected chi connectivity index (χ3v) is 14.7. The van der Waals surface area contributed by atoms with Crippen LogP contribution in [0, 0.1) is 17.5 Å². The van der Waals surface area contributed by atoms with Gasteiger partial charge in [-0.1, -0.05) is 104 Å². The summed E-state index contributed by atoms with van der Waals surface area (Å²) in [4.78, 5) is 92.2. The lowest BCUT2D eigenvalue weighted by Crippen LogP contribution is -2.06. The molecule has 3 aromatic carbocycles. The topological polar surface area (TPSA) is 329 Å². The van der Waals surface area contributed by atoms with Crippen LogP contribution in [-0.2, 0) is 34.0 Å². The van der Waals surface area contributed by atoms with E-state index in [0.717, 1.165) is 105 Å². The number of hydrogen-bond acceptors (Lipinski definition) is 15. The number of carbonyl (C=O) groups is 5. The van der Waals surface area contributed by atoms with Crippen molar-refractivity contribution in [3.63, 3.8) is 0 Å². The summed E-state index contributed by atoms with van der Waals surface area (Å²) in [5.41, 5.74) is 10.3. The Morgan fingerprint density at radius 3 is 1.06 bits per heavy atom. The highest BCUT2D eigenvalue weighted by Gasteiger charge is 2.15. The van der Waals surface area contributed by atoms with Crippen molar-refractivity contribution in [1.82, 2.24) is 55.2 Å². The van der Waals surface area contributed by atoms with Gasteiger partial charge in [-0.25, -0.2) is 38.9 Å². The Kier molecular flexibility index (Phi) is 27.7. The number of rotatable bonds is 14. The van der Waals surface area contributed by atoms with Gasteiger partial charge in [0.05, 0.1) is 58.6 Å². The quantitative estimate of drug-likeness (QED) is 0.0161. The summed E-state index contributed by atoms with van der Waals surface area (Å²) in [6, 6.07) is 46.6. The SMILES string of the molecule is CCCCNC.CO.Cc1cc2cc(C(=O)O)[nH]c2cn1.Cc1cc2cc(C(=O)OCc3ccccc3)[nH]c2cn1.O=C(O)c1cc2cc(Br)ncc2[nH]1.O=C(OCc1ccccc1)c1cc2cc(Br)ncc2[nH]1.O=C(OCc1ccccc1)c1cc2cc(I)ncc2[nH]1. The van der Waals surface area contributed by atoms with E-state index in [-0.39, 0.29) is 49.1 Å². The molecule has 0 saturated carbocycles. The van der Waals surface area contributed by atoms with Crippen molar-refractivity contribution in [2.45, 2.75) is 53.4 Å². The standard InChI is InChI=1S/C16H14N2O2.C15H11BrN2O2.C15H11IN2O2.C9H8N2O2.C8H5BrN2O2.C5H13N.CH4O/c1-11-7-13-8-14(18-15(13)9-17-11)16(19)20-10-12-5-3-2-4-6-12;2*16-14-7-11-6-12(18-13(11)8-17-14)15(19)20-9-10-4-2-1-3-5-10;1-5-2-6-3-7(9(12)13)11-8(6)4-10-5;9-7-2-4-1-5(8(12)13)11-6(4)3-10-7;1-3-4-5-6-2;1-2/h2-9,18H,10H2,1H3;2*1-8,18H,9H2;2-4,11H,1H3,(H,12,13);1-3,11H,(H,12,13);6H,3-5H2,1-2H3;2H,1H3. The molecule has 0 amide bonds. The highest BCUT2D eigenvalue weighted by Crippen LogP contribution is 2.22. The number of aliphatic hydroxyl groups is 1. The van der Waals surface area contributed by atoms with Crippen LogP contribution in [0.1, 0.15) is 100 Å². The van der Waals surface area contributed by atoms with E-state index >= 15 is 0 Å². The number of hydrogen-bond donors (Lipinski definition) is 9. The zero-order chi connectivity index (χ0) is 67.5. The fourth-order valence-corrected chi connectivity index (χ4v) is 9.79. The molecule has 484 valence electrons. The van der Waals surface area contributed by atoms with E-state index < -0.39 is 11.9 Å². The summed E-state index contributed by atoms with van der Waals surface area (Å²) in [6.45, 7) is 7.94. The summed E-state index contributed by atoms with van der Waals surface area (Å²) in [5.74, 6) is -3.01. The van der Waals surface area contributed by atoms with Gasteiger partial charge >= 0.3 is 29.8 Å². The first kappa shape index (κ1) is 71.5. The number of benzene rings is 3. The van der Waals surface area contributed by atoms with Crippen LogP contribution < -0.4 is 5.32 Å². The van der Waals surface area contributed by atoms with Gasteiger partial charge in [0.1, 0.15) is 61.2 Å². The Labute approximate surface area is 569 Å². The largest absolute Gasteiger partial charge is 0.477 e. The maximum atomic E-state index is 12.0. The van der Waals surface area contributed by atoms with Gasteiger partial charge in [-0.05, 0) is 166 Å². The molecule has 0 saturated heterocycles. The lowest BCUT2D eigenvalue weighted by Gasteiger charge is -2.02. The number of pyridine rings is 5. The van der Waals surface area contributed by atoms with Crippen molar-refractivity contribution in [2.24, 2.45) is 0 Å². The minimum absolute atomic E-state index is 0.176. The van der Waals surface area contributed by atoms with Gasteiger partial charge < -0.3 is 59.8 Å². The van der Waals surface area contributed by atoms with Crippen LogP contribution in [0.3, 0.4) is 0 Å². The average molecular weight is 1510 g/mol. The molecular weight excluding hydrogens is 1450 g/mol. The number of carbonyl (C=O) groups excluding carboxylic acids is 3. The number of aromatic nitrogens is 10. The van der Waals surface area contributed by atoms with Gasteiger partial charge in [0.25, 0.3) is 0 Å². The lowest BCUT2D eigenvalue weighted by atomic mass is 10.2. The molecule has 0 aliphatic heterocycles. The molecule has 22 nitrogen and oxygen atoms in total. The minimum Gasteiger partial charge on any atom is -0.477 e. The zero-order valence-electron chi connectivity index (χ0n) is 51.5. The Bertz CT molecular complexity index is 4210. The number of nitrogens with zero attached hydrogens (tertiary/aromatic N) is 5. The van der Waals surface area contributed by atoms with Crippen molar-refractivity contribution < 1.29 is 53.5 Å². The fourth-order valence-electron chi connectivity index (χ4n) is 8.61. The summed E-state index contributed by atoms with van der Waals surface area (Å²) in [5, 5.41) is 32.0. The van der Waals surface area contributed by atoms with Gasteiger partial charge in [0.2, 0.25) is 0 Å². The first-order valence-electron chi connectivity index (χ1n) is 28.9. The predicted molar refractivity (Wildman–Crippen MR) is 376 cm³/mol. The summed E-state index contributed by atoms with van der Waals surface area (Å²) in [6.07, 6.45) is 10.9. The van der Waals surface area contributed by atoms with Crippen molar-refractivity contribution >= 4 is 139 Å². The zero-order valence-corrected chi connectivity index (χ0v) is 56.9. The average Bonchev–Trinajstić information content (AvgIpc) is 1.80. The van der Waals surface area contributed by atoms with Gasteiger partial charge in [-0.15, -0.1) is 0 Å². The second-order valence-corrected chi connectivity index (χ2v) is 23.0. The van der Waals surface area contributed by atoms with Gasteiger partial charge in [-0.2, -0.15) is 0 Å². The van der Waals surface area contributed by atoms with Gasteiger partial charge in [0.15, 0.2) is 0 Å². The van der Waals surface area contributed by atoms with Gasteiger partial charge in [0, 0.05) is 45.4 Å². The molecule has 94 heavy (non-hydrogen) atoms. The molecular formula is C69H66Br2IN11O11. The number of fused-ring (bicyclic) bond motifs is 5. The molecule has 13 aromatic rings. The second kappa shape index (κ2) is 36.3. The van der Waals surface area contributed by atoms with E-state index in [1.807, 2.05) is 136 Å². The van der Waals surface area contributed by atoms with Crippen LogP contribution in [0.2, 0.25) is 0 Å². The van der Waals surface area contributed by atoms with E-state index in [0.29, 0.717) is 21.7 Å². The number of aryl methyl sites for hydroxylation is 2. The maximum absolute atomic E-state index is 12.0. The number of aromatic amines is 5. The molecule has 10 heterocycles. The second-order valence-electron chi connectivity index (χ2n) is 20.3. The predicted octanol–water partition coefficient (Wildman–Crippen LogP) is 14.6. The molecule has 0 unspecified atom stereocenters. The Morgan fingerprint density at radius 2 is 0.745 bits per heavy atom. The van der Waals surface area contributed by atoms with Crippen molar-refractivity contribution in [2.75, 3.05) is 20.7 Å². The monoisotopic (exact) mass is 1510 g/mol. The van der Waals surface area contributed by atoms with E-state index in [2.05, 4.69) is 117 Å². The van der Waals surface area contributed by atoms with Crippen LogP contribution in [-0.4, -0.2) is 116 Å². The number of carboxylic acid groups (broad SMARTS) is 2. The van der Waals surface area contributed by atoms with E-state index in [4.69, 9.17) is 29.5 Å². The molecule has 13 rings (SSSR count). The molecule has 0 radical (unpaired) electrons. The number of unbranched alkanes of at least 4 members (excludes halogenated alkanes) is 1. The number of halogens is 3. The van der Waals surface area contributed by atoms with Crippen LogP contribution in [0.25, 0.3) is 54.5 Å². The van der Waals surface area contributed by atoms with Crippen LogP contribution in [0.5, 0.6) is 0 Å². The fraction of sp³-hybridized carbons (Fsp3) is 0.159. The van der Waals surface area contributed by atoms with E-state index in [1.165, 1.54) is 12.8 Å². The number of aliphatic hydroxyl groups excluding tert-OH is 1. The number of esters is 3. The van der Waals surface area contributed by atoms with E-state index in [9.17, 15) is 24.0 Å². The van der Waals surface area contributed by atoms with Crippen molar-refractivity contribution in [3.8, 4) is 0 Å². The molecule has 9 N–H and O–H groups in total. The number of aromatic carboxylic acids is 2. The van der Waals surface area contributed by atoms with Crippen LogP contribution in [0.4, 0.5) is 0 Å². The number of H-pyrrole nitrogens is 5. The molecule has 10 aromatic heterocycles. The Hall–Kier alpha value is -9.93. The molecule has 25 heteroatoms. The molecule has 0 bridgehead atoms. The number of nitrogens with one attached hydrogen (secondary N) is 6. The Morgan fingerprint density at radius 1 is 0.447 bits per heavy atom. The minimum atomic E-state index is -0.965. The smallest absolute Gasteiger partial charge is 0.355 e. The lowest BCUT2D eigenvalue weighted by molar-refractivity contribution is 0.0458. The van der Waals surface area contributed by atoms with E-state index in [1.54, 1.807) is 67.4 Å². The Balaban J connectivity index is 0.000000163. The first-order valence-corrected chi connectivity index (χ1v) is 31.6. The summed E-state index contributed by atoms with van der Waals surface area (Å²) >= 11 is 8.64.